The second-order valence-corrected chi connectivity index (χ2v) is 2.58. The van der Waals surface area contributed by atoms with Crippen LogP contribution >= 0.6 is 0 Å². The van der Waals surface area contributed by atoms with E-state index >= 15 is 0 Å². The van der Waals surface area contributed by atoms with Gasteiger partial charge in [-0.1, -0.05) is 0 Å². The van der Waals surface area contributed by atoms with E-state index in [-0.39, 0.29) is 37.7 Å². The van der Waals surface area contributed by atoms with Crippen LogP contribution in [0.25, 0.3) is 0 Å². The molecule has 0 atom stereocenters. The van der Waals surface area contributed by atoms with Gasteiger partial charge in [0.1, 0.15) is 0 Å². The van der Waals surface area contributed by atoms with Gasteiger partial charge in [-0.05, 0) is 0 Å². The van der Waals surface area contributed by atoms with Crippen molar-refractivity contribution in [3.05, 3.63) is 42.5 Å². The van der Waals surface area contributed by atoms with Gasteiger partial charge in [0.15, 0.2) is 0 Å². The number of non-ortho nitro benzene ring substituents is 1. The summed E-state index contributed by atoms with van der Waals surface area (Å²) in [5, 5.41) is 42.1. The van der Waals surface area contributed by atoms with Gasteiger partial charge in [0.2, 0.25) is 0 Å². The normalized spacial score (nSPS) is 9.18. The Bertz CT molecular complexity index is 467. The number of hydrogen-bond donors (Lipinski definition) is 0. The average Bonchev–Trinajstić information content (AvgIpc) is 2.16. The minimum absolute atomic E-state index is 0. The predicted molar refractivity (Wildman–Crippen MR) is 51.6 cm³/mol. The Morgan fingerprint density at radius 2 is 1.18 bits per heavy atom. The number of rotatable bonds is 3. The van der Waals surface area contributed by atoms with Crippen molar-refractivity contribution in [3.8, 4) is 5.75 Å². The Morgan fingerprint density at radius 1 is 0.824 bits per heavy atom. The summed E-state index contributed by atoms with van der Waals surface area (Å²) in [6.45, 7) is 0. The van der Waals surface area contributed by atoms with E-state index in [2.05, 4.69) is 0 Å². The molecule has 0 unspecified atom stereocenters. The van der Waals surface area contributed by atoms with Crippen molar-refractivity contribution in [2.24, 2.45) is 0 Å². The molecule has 0 aliphatic carbocycles. The molecule has 0 aromatic heterocycles. The van der Waals surface area contributed by atoms with Crippen LogP contribution in [-0.2, 0) is 0 Å². The molecule has 0 fully saturated rings. The maximum absolute atomic E-state index is 11.1. The van der Waals surface area contributed by atoms with Crippen molar-refractivity contribution >= 4 is 54.8 Å². The Hall–Kier alpha value is -1.52. The van der Waals surface area contributed by atoms with Gasteiger partial charge in [0.05, 0.1) is 32.7 Å². The van der Waals surface area contributed by atoms with Crippen LogP contribution in [0.2, 0.25) is 0 Å². The molecule has 0 N–H and O–H groups in total. The standard InChI is InChI=1S/C6H3N3O7.Ca/c10-6-4(8(13)14)1-3(7(11)12)2-5(6)9(15)16;/h1-2,10H;/q;+2/p-1. The fraction of sp³-hybridized carbons (Fsp3) is 0. The molecule has 0 spiro atoms. The average molecular weight is 268 g/mol. The van der Waals surface area contributed by atoms with Gasteiger partial charge in [0, 0.05) is 0 Å². The molecule has 0 saturated carbocycles. The number of nitrogens with zero attached hydrogens (tertiary/aromatic N) is 3. The summed E-state index contributed by atoms with van der Waals surface area (Å²) in [6, 6.07) is 0.769. The van der Waals surface area contributed by atoms with Crippen molar-refractivity contribution in [2.75, 3.05) is 0 Å². The van der Waals surface area contributed by atoms with E-state index in [0.29, 0.717) is 12.1 Å². The Labute approximate surface area is 122 Å². The molecule has 0 saturated heterocycles. The monoisotopic (exact) mass is 268 g/mol. The van der Waals surface area contributed by atoms with Crippen LogP contribution in [0.5, 0.6) is 5.75 Å². The number of hydrogen-bond acceptors (Lipinski definition) is 7. The van der Waals surface area contributed by atoms with Gasteiger partial charge in [-0.3, -0.25) is 30.3 Å². The first-order chi connectivity index (χ1) is 7.34. The van der Waals surface area contributed by atoms with Gasteiger partial charge in [-0.25, -0.2) is 0 Å². The van der Waals surface area contributed by atoms with Crippen LogP contribution in [0.3, 0.4) is 0 Å². The first kappa shape index (κ1) is 15.5. The molecule has 1 rings (SSSR count). The second kappa shape index (κ2) is 5.70. The first-order valence-corrected chi connectivity index (χ1v) is 3.63. The third kappa shape index (κ3) is 3.22. The minimum Gasteiger partial charge on any atom is -0.863 e. The summed E-state index contributed by atoms with van der Waals surface area (Å²) in [5.74, 6) is -1.46. The molecular formula is C6H2CaN3O7+. The largest absolute Gasteiger partial charge is 2.00 e. The molecule has 84 valence electrons. The van der Waals surface area contributed by atoms with Crippen LogP contribution in [0, 0.1) is 30.3 Å². The van der Waals surface area contributed by atoms with E-state index < -0.39 is 37.6 Å². The summed E-state index contributed by atoms with van der Waals surface area (Å²) >= 11 is 0. The summed E-state index contributed by atoms with van der Waals surface area (Å²) in [5.41, 5.74) is -3.26. The molecular weight excluding hydrogens is 266 g/mol. The van der Waals surface area contributed by atoms with E-state index in [4.69, 9.17) is 0 Å². The summed E-state index contributed by atoms with van der Waals surface area (Å²) in [7, 11) is 0. The topological polar surface area (TPSA) is 152 Å². The Morgan fingerprint density at radius 3 is 1.41 bits per heavy atom. The zero-order chi connectivity index (χ0) is 12.5. The molecule has 17 heavy (non-hydrogen) atoms. The molecule has 1 aromatic carbocycles. The van der Waals surface area contributed by atoms with Crippen LogP contribution in [0.4, 0.5) is 17.1 Å². The molecule has 0 heterocycles. The van der Waals surface area contributed by atoms with Gasteiger partial charge < -0.3 is 5.11 Å². The maximum atomic E-state index is 11.1. The summed E-state index contributed by atoms with van der Waals surface area (Å²) < 4.78 is 0. The SMILES string of the molecule is O=[N+]([O-])c1cc([N+](=O)[O-])c([O-])c([N+](=O)[O-])c1.[Ca+2]. The third-order valence-corrected chi connectivity index (χ3v) is 1.64. The number of benzene rings is 1. The van der Waals surface area contributed by atoms with Crippen LogP contribution < -0.4 is 5.11 Å². The fourth-order valence-electron chi connectivity index (χ4n) is 0.961. The molecule has 0 bridgehead atoms. The number of nitro benzene ring substituents is 3. The summed E-state index contributed by atoms with van der Waals surface area (Å²) in [6.07, 6.45) is 0. The van der Waals surface area contributed by atoms with Crippen molar-refractivity contribution in [3.63, 3.8) is 0 Å². The molecule has 0 aliphatic rings. The van der Waals surface area contributed by atoms with Crippen molar-refractivity contribution in [2.45, 2.75) is 0 Å². The van der Waals surface area contributed by atoms with Gasteiger partial charge >= 0.3 is 37.7 Å². The predicted octanol–water partition coefficient (Wildman–Crippen LogP) is 0.104. The van der Waals surface area contributed by atoms with Crippen molar-refractivity contribution < 1.29 is 19.9 Å². The zero-order valence-corrected chi connectivity index (χ0v) is 10.3. The van der Waals surface area contributed by atoms with Crippen molar-refractivity contribution in [1.29, 1.82) is 0 Å². The minimum atomic E-state index is -1.46. The summed E-state index contributed by atoms with van der Waals surface area (Å²) in [4.78, 5) is 27.5. The maximum Gasteiger partial charge on any atom is 2.00 e. The molecule has 0 aliphatic heterocycles. The molecule has 0 amide bonds. The van der Waals surface area contributed by atoms with Crippen molar-refractivity contribution in [1.82, 2.24) is 0 Å². The smallest absolute Gasteiger partial charge is 0.863 e. The number of nitro groups is 3. The van der Waals surface area contributed by atoms with Crippen LogP contribution in [-0.4, -0.2) is 52.5 Å². The third-order valence-electron chi connectivity index (χ3n) is 1.64. The Kier molecular flexibility index (Phi) is 5.19. The van der Waals surface area contributed by atoms with Crippen LogP contribution in [0.15, 0.2) is 12.1 Å². The van der Waals surface area contributed by atoms with E-state index in [9.17, 15) is 35.4 Å². The van der Waals surface area contributed by atoms with E-state index in [1.54, 1.807) is 0 Å². The van der Waals surface area contributed by atoms with Crippen LogP contribution in [0.1, 0.15) is 0 Å². The quantitative estimate of drug-likeness (QED) is 0.428. The fourth-order valence-corrected chi connectivity index (χ4v) is 0.961. The zero-order valence-electron chi connectivity index (χ0n) is 8.06. The van der Waals surface area contributed by atoms with Gasteiger partial charge in [0.25, 0.3) is 17.1 Å². The molecule has 11 heteroatoms. The van der Waals surface area contributed by atoms with Gasteiger partial charge in [-0.2, -0.15) is 0 Å². The van der Waals surface area contributed by atoms with E-state index in [0.717, 1.165) is 0 Å². The molecule has 0 radical (unpaired) electrons. The van der Waals surface area contributed by atoms with E-state index in [1.165, 1.54) is 0 Å². The van der Waals surface area contributed by atoms with E-state index in [1.807, 2.05) is 0 Å². The first-order valence-electron chi connectivity index (χ1n) is 3.63. The molecule has 1 aromatic rings. The Balaban J connectivity index is 0.00000256. The second-order valence-electron chi connectivity index (χ2n) is 2.58. The van der Waals surface area contributed by atoms with Gasteiger partial charge in [-0.15, -0.1) is 0 Å². The molecule has 10 nitrogen and oxygen atoms in total.